The summed E-state index contributed by atoms with van der Waals surface area (Å²) in [7, 11) is -0.371. The minimum absolute atomic E-state index is 0.227. The molecule has 0 aliphatic rings. The Morgan fingerprint density at radius 1 is 1.09 bits per heavy atom. The lowest BCUT2D eigenvalue weighted by Crippen LogP contribution is -2.12. The number of fused-ring (bicyclic) bond motifs is 1. The predicted octanol–water partition coefficient (Wildman–Crippen LogP) is 3.49. The second-order valence-corrected chi connectivity index (χ2v) is 7.65. The topological polar surface area (TPSA) is 63.6 Å². The van der Waals surface area contributed by atoms with E-state index in [1.54, 1.807) is 18.6 Å². The molecule has 3 aromatic rings. The van der Waals surface area contributed by atoms with Gasteiger partial charge in [-0.1, -0.05) is 7.92 Å². The van der Waals surface area contributed by atoms with Gasteiger partial charge in [-0.05, 0) is 44.0 Å². The quantitative estimate of drug-likeness (QED) is 0.588. The first-order chi connectivity index (χ1) is 10.6. The largest absolute Gasteiger partial charge is 0.339 e. The maximum atomic E-state index is 5.90. The first-order valence-electron chi connectivity index (χ1n) is 6.73. The Bertz CT molecular complexity index is 837. The van der Waals surface area contributed by atoms with Crippen LogP contribution >= 0.6 is 19.5 Å². The molecule has 22 heavy (non-hydrogen) atoms. The van der Waals surface area contributed by atoms with Crippen LogP contribution < -0.4 is 10.6 Å². The zero-order valence-electron chi connectivity index (χ0n) is 12.5. The average molecular weight is 332 g/mol. The Morgan fingerprint density at radius 2 is 1.86 bits per heavy atom. The molecular weight excluding hydrogens is 317 g/mol. The minimum atomic E-state index is -0.371. The second-order valence-electron chi connectivity index (χ2n) is 5.08. The monoisotopic (exact) mass is 331 g/mol. The van der Waals surface area contributed by atoms with E-state index in [9.17, 15) is 0 Å². The van der Waals surface area contributed by atoms with Crippen LogP contribution in [0.25, 0.3) is 11.0 Å². The number of nitrogens with zero attached hydrogens (tertiary/aromatic N) is 4. The molecule has 0 aliphatic heterocycles. The van der Waals surface area contributed by atoms with Crippen molar-refractivity contribution in [3.63, 3.8) is 0 Å². The lowest BCUT2D eigenvalue weighted by molar-refractivity contribution is 1.13. The van der Waals surface area contributed by atoms with Crippen molar-refractivity contribution < 1.29 is 0 Å². The van der Waals surface area contributed by atoms with Crippen molar-refractivity contribution in [2.45, 2.75) is 6.92 Å². The van der Waals surface area contributed by atoms with Gasteiger partial charge in [0.1, 0.15) is 5.82 Å². The number of rotatable bonds is 3. The molecule has 0 spiro atoms. The summed E-state index contributed by atoms with van der Waals surface area (Å²) in [5.74, 6) is 0.710. The van der Waals surface area contributed by atoms with Crippen LogP contribution in [-0.2, 0) is 0 Å². The SMILES string of the molecule is Cc1cnc(Cl)nc1Nc1ccc2nccnc2c1P(C)C. The molecule has 0 atom stereocenters. The molecule has 3 rings (SSSR count). The van der Waals surface area contributed by atoms with E-state index < -0.39 is 0 Å². The maximum Gasteiger partial charge on any atom is 0.224 e. The van der Waals surface area contributed by atoms with Gasteiger partial charge >= 0.3 is 0 Å². The van der Waals surface area contributed by atoms with Crippen molar-refractivity contribution in [2.75, 3.05) is 18.6 Å². The van der Waals surface area contributed by atoms with Crippen LogP contribution in [0.1, 0.15) is 5.56 Å². The van der Waals surface area contributed by atoms with E-state index in [0.717, 1.165) is 22.3 Å². The van der Waals surface area contributed by atoms with E-state index in [0.29, 0.717) is 5.82 Å². The molecule has 0 amide bonds. The molecule has 2 heterocycles. The Hall–Kier alpha value is -1.84. The van der Waals surface area contributed by atoms with E-state index >= 15 is 0 Å². The summed E-state index contributed by atoms with van der Waals surface area (Å²) in [5.41, 5.74) is 3.76. The van der Waals surface area contributed by atoms with Crippen LogP contribution in [-0.4, -0.2) is 33.3 Å². The third kappa shape index (κ3) is 2.87. The van der Waals surface area contributed by atoms with Gasteiger partial charge in [-0.15, -0.1) is 0 Å². The van der Waals surface area contributed by atoms with E-state index in [1.165, 1.54) is 5.30 Å². The lowest BCUT2D eigenvalue weighted by Gasteiger charge is -2.17. The molecule has 5 nitrogen and oxygen atoms in total. The number of halogens is 1. The molecule has 1 aromatic carbocycles. The Morgan fingerprint density at radius 3 is 2.64 bits per heavy atom. The van der Waals surface area contributed by atoms with Crippen molar-refractivity contribution >= 4 is 47.4 Å². The van der Waals surface area contributed by atoms with Crippen LogP contribution in [0.2, 0.25) is 5.28 Å². The van der Waals surface area contributed by atoms with Gasteiger partial charge in [0, 0.05) is 35.1 Å². The molecule has 0 saturated heterocycles. The van der Waals surface area contributed by atoms with Gasteiger partial charge in [-0.25, -0.2) is 9.97 Å². The molecule has 7 heteroatoms. The van der Waals surface area contributed by atoms with Crippen LogP contribution in [0.4, 0.5) is 11.5 Å². The maximum absolute atomic E-state index is 5.90. The molecule has 1 N–H and O–H groups in total. The zero-order chi connectivity index (χ0) is 15.7. The van der Waals surface area contributed by atoms with Gasteiger partial charge in [0.15, 0.2) is 0 Å². The second kappa shape index (κ2) is 6.11. The Kier molecular flexibility index (Phi) is 4.19. The molecule has 0 unspecified atom stereocenters. The van der Waals surface area contributed by atoms with Gasteiger partial charge in [0.25, 0.3) is 0 Å². The smallest absolute Gasteiger partial charge is 0.224 e. The summed E-state index contributed by atoms with van der Waals surface area (Å²) in [5, 5.41) is 4.77. The minimum Gasteiger partial charge on any atom is -0.339 e. The van der Waals surface area contributed by atoms with Gasteiger partial charge in [0.05, 0.1) is 11.0 Å². The van der Waals surface area contributed by atoms with Crippen LogP contribution in [0.5, 0.6) is 0 Å². The average Bonchev–Trinajstić information content (AvgIpc) is 2.50. The molecular formula is C15H15ClN5P. The highest BCUT2D eigenvalue weighted by atomic mass is 35.5. The number of aryl methyl sites for hydroxylation is 1. The molecule has 2 aromatic heterocycles. The molecule has 112 valence electrons. The predicted molar refractivity (Wildman–Crippen MR) is 93.0 cm³/mol. The van der Waals surface area contributed by atoms with E-state index in [-0.39, 0.29) is 13.2 Å². The van der Waals surface area contributed by atoms with Crippen LogP contribution in [0.15, 0.2) is 30.7 Å². The summed E-state index contributed by atoms with van der Waals surface area (Å²) in [6.07, 6.45) is 5.14. The highest BCUT2D eigenvalue weighted by molar-refractivity contribution is 7.65. The first kappa shape index (κ1) is 15.1. The number of anilines is 2. The van der Waals surface area contributed by atoms with Gasteiger partial charge < -0.3 is 5.32 Å². The van der Waals surface area contributed by atoms with Gasteiger partial charge in [-0.2, -0.15) is 0 Å². The number of hydrogen-bond acceptors (Lipinski definition) is 5. The highest BCUT2D eigenvalue weighted by Gasteiger charge is 2.14. The van der Waals surface area contributed by atoms with Crippen LogP contribution in [0.3, 0.4) is 0 Å². The summed E-state index contributed by atoms with van der Waals surface area (Å²) < 4.78 is 0. The third-order valence-corrected chi connectivity index (χ3v) is 4.79. The fourth-order valence-electron chi connectivity index (χ4n) is 2.25. The Balaban J connectivity index is 2.14. The van der Waals surface area contributed by atoms with Crippen molar-refractivity contribution in [1.82, 2.24) is 19.9 Å². The number of hydrogen-bond donors (Lipinski definition) is 1. The van der Waals surface area contributed by atoms with Gasteiger partial charge in [-0.3, -0.25) is 9.97 Å². The van der Waals surface area contributed by atoms with E-state index in [4.69, 9.17) is 11.6 Å². The molecule has 0 radical (unpaired) electrons. The van der Waals surface area contributed by atoms with Crippen molar-refractivity contribution in [2.24, 2.45) is 0 Å². The van der Waals surface area contributed by atoms with Crippen molar-refractivity contribution in [3.8, 4) is 0 Å². The van der Waals surface area contributed by atoms with Crippen LogP contribution in [0, 0.1) is 6.92 Å². The first-order valence-corrected chi connectivity index (χ1v) is 9.35. The Labute approximate surface area is 134 Å². The zero-order valence-corrected chi connectivity index (χ0v) is 14.2. The van der Waals surface area contributed by atoms with Crippen molar-refractivity contribution in [1.29, 1.82) is 0 Å². The van der Waals surface area contributed by atoms with Crippen molar-refractivity contribution in [3.05, 3.63) is 41.6 Å². The van der Waals surface area contributed by atoms with Gasteiger partial charge in [0.2, 0.25) is 5.28 Å². The lowest BCUT2D eigenvalue weighted by atomic mass is 10.2. The number of benzene rings is 1. The number of nitrogens with one attached hydrogen (secondary N) is 1. The number of aromatic nitrogens is 4. The molecule has 0 fully saturated rings. The summed E-state index contributed by atoms with van der Waals surface area (Å²) in [6, 6.07) is 3.98. The third-order valence-electron chi connectivity index (χ3n) is 3.26. The molecule has 0 aliphatic carbocycles. The summed E-state index contributed by atoms with van der Waals surface area (Å²) in [6.45, 7) is 6.34. The summed E-state index contributed by atoms with van der Waals surface area (Å²) >= 11 is 5.90. The fourth-order valence-corrected chi connectivity index (χ4v) is 3.59. The highest BCUT2D eigenvalue weighted by Crippen LogP contribution is 2.33. The fraction of sp³-hybridized carbons (Fsp3) is 0.200. The standard InChI is InChI=1S/C15H15ClN5P/c1-9-8-19-15(16)21-14(9)20-11-5-4-10-12(13(11)22(2)3)18-7-6-17-10/h4-8H,1-3H3,(H,19,20,21). The van der Waals surface area contributed by atoms with E-state index in [1.807, 2.05) is 19.1 Å². The molecule has 0 saturated carbocycles. The normalized spacial score (nSPS) is 11.1. The summed E-state index contributed by atoms with van der Waals surface area (Å²) in [4.78, 5) is 17.1. The molecule has 0 bridgehead atoms. The van der Waals surface area contributed by atoms with E-state index in [2.05, 4.69) is 38.6 Å².